The van der Waals surface area contributed by atoms with Crippen molar-refractivity contribution in [2.75, 3.05) is 32.6 Å². The first kappa shape index (κ1) is 46.2. The second kappa shape index (κ2) is 19.9. The fourth-order valence-corrected chi connectivity index (χ4v) is 9.90. The Labute approximate surface area is 380 Å². The van der Waals surface area contributed by atoms with Gasteiger partial charge in [-0.3, -0.25) is 9.59 Å². The molecule has 0 bridgehead atoms. The van der Waals surface area contributed by atoms with Gasteiger partial charge in [-0.05, 0) is 60.4 Å². The third-order valence-electron chi connectivity index (χ3n) is 9.99. The van der Waals surface area contributed by atoms with Crippen LogP contribution in [0.2, 0.25) is 0 Å². The standard InChI is InChI=1S/C24H25N5O6S2.C22H21N5O2/c1-17-23-21(25-14-18-9-11-20(12-10-18)29(36(2,31)32)37(3,33)34)13-22(30)28(24(23)27-16-26-17)35-15-19-7-5-4-6-8-19;1-15-21-19(24-12-16-7-9-18(23)10-8-16)11-20(28)27(22(21)26-14-25-15)29-13-17-5-3-2-4-6-17/h4-13,16,25H,14-15H2,1-3H3;2-11,14,24H,12-13,23H2,1H3. The minimum atomic E-state index is -4.04. The fourth-order valence-electron chi connectivity index (χ4n) is 6.93. The van der Waals surface area contributed by atoms with E-state index >= 15 is 0 Å². The summed E-state index contributed by atoms with van der Waals surface area (Å²) in [6.45, 7) is 4.91. The molecule has 4 heterocycles. The molecule has 0 aliphatic heterocycles. The molecule has 0 saturated heterocycles. The molecule has 0 saturated carbocycles. The van der Waals surface area contributed by atoms with Gasteiger partial charge in [-0.15, -0.1) is 9.46 Å². The molecule has 0 unspecified atom stereocenters. The largest absolute Gasteiger partial charge is 0.404 e. The molecule has 4 N–H and O–H groups in total. The normalized spacial score (nSPS) is 11.4. The number of benzene rings is 4. The number of fused-ring (bicyclic) bond motifs is 2. The third-order valence-corrected chi connectivity index (χ3v) is 13.2. The van der Waals surface area contributed by atoms with E-state index in [0.717, 1.165) is 50.6 Å². The molecular weight excluding hydrogens is 885 g/mol. The first-order valence-corrected chi connectivity index (χ1v) is 24.0. The van der Waals surface area contributed by atoms with Crippen LogP contribution >= 0.6 is 0 Å². The van der Waals surface area contributed by atoms with Crippen molar-refractivity contribution >= 4 is 64.9 Å². The molecule has 4 aromatic heterocycles. The number of nitrogens with zero attached hydrogens (tertiary/aromatic N) is 7. The first-order valence-electron chi connectivity index (χ1n) is 20.3. The zero-order chi connectivity index (χ0) is 47.0. The number of aryl methyl sites for hydroxylation is 2. The van der Waals surface area contributed by atoms with Gasteiger partial charge in [0.2, 0.25) is 20.0 Å². The summed E-state index contributed by atoms with van der Waals surface area (Å²) in [5, 5.41) is 7.86. The van der Waals surface area contributed by atoms with Gasteiger partial charge in [0, 0.05) is 30.9 Å². The molecule has 0 amide bonds. The zero-order valence-electron chi connectivity index (χ0n) is 36.3. The van der Waals surface area contributed by atoms with E-state index < -0.39 is 25.6 Å². The molecule has 4 aromatic carbocycles. The molecule has 0 spiro atoms. The summed E-state index contributed by atoms with van der Waals surface area (Å²) >= 11 is 0. The highest BCUT2D eigenvalue weighted by Gasteiger charge is 2.27. The summed E-state index contributed by atoms with van der Waals surface area (Å²) in [5.41, 5.74) is 12.7. The number of nitrogen functional groups attached to an aromatic ring is 1. The van der Waals surface area contributed by atoms with Gasteiger partial charge in [0.15, 0.2) is 11.3 Å². The second-order valence-corrected chi connectivity index (χ2v) is 18.9. The van der Waals surface area contributed by atoms with Gasteiger partial charge in [0.25, 0.3) is 11.1 Å². The van der Waals surface area contributed by atoms with Gasteiger partial charge in [0.1, 0.15) is 25.9 Å². The quantitative estimate of drug-likeness (QED) is 0.115. The monoisotopic (exact) mass is 930 g/mol. The summed E-state index contributed by atoms with van der Waals surface area (Å²) < 4.78 is 50.7. The highest BCUT2D eigenvalue weighted by Crippen LogP contribution is 2.26. The van der Waals surface area contributed by atoms with E-state index in [1.54, 1.807) is 19.1 Å². The summed E-state index contributed by atoms with van der Waals surface area (Å²) in [5.74, 6) is 0. The lowest BCUT2D eigenvalue weighted by atomic mass is 10.2. The number of hydrogen-bond donors (Lipinski definition) is 3. The van der Waals surface area contributed by atoms with E-state index in [-0.39, 0.29) is 31.0 Å². The minimum absolute atomic E-state index is 0.00149. The van der Waals surface area contributed by atoms with Crippen LogP contribution in [0.3, 0.4) is 0 Å². The van der Waals surface area contributed by atoms with Gasteiger partial charge in [-0.1, -0.05) is 84.9 Å². The molecule has 0 aliphatic rings. The number of sulfonamides is 2. The SMILES string of the molecule is Cc1ncnc2c1c(NCc1ccc(N(S(C)(=O)=O)S(C)(=O)=O)cc1)cc(=O)n2OCc1ccccc1.Cc1ncnc2c1c(NCc1ccc(N)cc1)cc(=O)n2OCc1ccccc1. The molecule has 66 heavy (non-hydrogen) atoms. The molecule has 340 valence electrons. The highest BCUT2D eigenvalue weighted by atomic mass is 32.3. The lowest BCUT2D eigenvalue weighted by molar-refractivity contribution is 0.0979. The van der Waals surface area contributed by atoms with Crippen LogP contribution in [0.4, 0.5) is 22.7 Å². The Morgan fingerprint density at radius 2 is 0.955 bits per heavy atom. The Bertz CT molecular complexity index is 3310. The van der Waals surface area contributed by atoms with Crippen molar-refractivity contribution in [1.29, 1.82) is 0 Å². The first-order chi connectivity index (χ1) is 31.6. The van der Waals surface area contributed by atoms with Crippen LogP contribution in [-0.4, -0.2) is 58.7 Å². The second-order valence-electron chi connectivity index (χ2n) is 15.1. The molecule has 0 atom stereocenters. The Morgan fingerprint density at radius 3 is 1.35 bits per heavy atom. The number of anilines is 4. The van der Waals surface area contributed by atoms with Crippen LogP contribution in [0.15, 0.2) is 144 Å². The average molecular weight is 931 g/mol. The van der Waals surface area contributed by atoms with Crippen molar-refractivity contribution in [3.8, 4) is 0 Å². The van der Waals surface area contributed by atoms with Crippen molar-refractivity contribution < 1.29 is 26.5 Å². The predicted octanol–water partition coefficient (Wildman–Crippen LogP) is 4.99. The van der Waals surface area contributed by atoms with Crippen LogP contribution in [0, 0.1) is 13.8 Å². The van der Waals surface area contributed by atoms with E-state index in [9.17, 15) is 26.4 Å². The van der Waals surface area contributed by atoms with Crippen LogP contribution in [0.25, 0.3) is 22.1 Å². The van der Waals surface area contributed by atoms with Crippen molar-refractivity contribution in [3.63, 3.8) is 0 Å². The van der Waals surface area contributed by atoms with E-state index in [1.807, 2.05) is 91.9 Å². The zero-order valence-corrected chi connectivity index (χ0v) is 38.0. The molecule has 8 rings (SSSR count). The number of nitrogens with one attached hydrogen (secondary N) is 2. The van der Waals surface area contributed by atoms with Gasteiger partial charge in [-0.2, -0.15) is 3.71 Å². The number of nitrogens with two attached hydrogens (primary N) is 1. The Balaban J connectivity index is 0.000000202. The summed E-state index contributed by atoms with van der Waals surface area (Å²) in [7, 11) is -8.07. The molecule has 18 nitrogen and oxygen atoms in total. The molecule has 0 radical (unpaired) electrons. The third kappa shape index (κ3) is 11.1. The summed E-state index contributed by atoms with van der Waals surface area (Å²) in [6, 6.07) is 35.6. The smallest absolute Gasteiger partial charge is 0.287 e. The lowest BCUT2D eigenvalue weighted by Crippen LogP contribution is -2.35. The van der Waals surface area contributed by atoms with Gasteiger partial charge in [0.05, 0.1) is 51.7 Å². The minimum Gasteiger partial charge on any atom is -0.404 e. The number of hydrogen-bond acceptors (Lipinski definition) is 15. The van der Waals surface area contributed by atoms with Crippen molar-refractivity contribution in [1.82, 2.24) is 29.4 Å². The van der Waals surface area contributed by atoms with E-state index in [2.05, 4.69) is 30.6 Å². The van der Waals surface area contributed by atoms with Crippen molar-refractivity contribution in [2.45, 2.75) is 40.2 Å². The number of rotatable bonds is 15. The Kier molecular flexibility index (Phi) is 13.9. The molecular formula is C46H46N10O8S2. The van der Waals surface area contributed by atoms with Crippen LogP contribution < -0.4 is 40.9 Å². The fraction of sp³-hybridized carbons (Fsp3) is 0.174. The summed E-state index contributed by atoms with van der Waals surface area (Å²) in [4.78, 5) is 54.4. The predicted molar refractivity (Wildman–Crippen MR) is 255 cm³/mol. The maximum absolute atomic E-state index is 12.9. The number of aromatic nitrogens is 6. The van der Waals surface area contributed by atoms with E-state index in [4.69, 9.17) is 15.4 Å². The van der Waals surface area contributed by atoms with Crippen molar-refractivity contribution in [3.05, 3.63) is 188 Å². The molecule has 0 aliphatic carbocycles. The van der Waals surface area contributed by atoms with E-state index in [0.29, 0.717) is 49.7 Å². The molecule has 0 fully saturated rings. The van der Waals surface area contributed by atoms with E-state index in [1.165, 1.54) is 41.7 Å². The molecule has 8 aromatic rings. The van der Waals surface area contributed by atoms with Gasteiger partial charge < -0.3 is 26.0 Å². The van der Waals surface area contributed by atoms with Gasteiger partial charge in [-0.25, -0.2) is 36.8 Å². The Hall–Kier alpha value is -7.84. The maximum atomic E-state index is 12.9. The highest BCUT2D eigenvalue weighted by molar-refractivity contribution is 8.09. The Morgan fingerprint density at radius 1 is 0.561 bits per heavy atom. The molecule has 20 heteroatoms. The van der Waals surface area contributed by atoms with Crippen LogP contribution in [-0.2, 0) is 46.3 Å². The topological polar surface area (TPSA) is 236 Å². The lowest BCUT2D eigenvalue weighted by Gasteiger charge is -2.20. The van der Waals surface area contributed by atoms with Crippen molar-refractivity contribution in [2.24, 2.45) is 0 Å². The number of pyridine rings is 2. The van der Waals surface area contributed by atoms with Crippen LogP contribution in [0.5, 0.6) is 0 Å². The van der Waals surface area contributed by atoms with Gasteiger partial charge >= 0.3 is 0 Å². The average Bonchev–Trinajstić information content (AvgIpc) is 3.28. The maximum Gasteiger partial charge on any atom is 0.287 e. The van der Waals surface area contributed by atoms with Crippen LogP contribution in [0.1, 0.15) is 33.6 Å². The summed E-state index contributed by atoms with van der Waals surface area (Å²) in [6.07, 6.45) is 4.44.